The summed E-state index contributed by atoms with van der Waals surface area (Å²) in [6.07, 6.45) is -1.21. The van der Waals surface area contributed by atoms with Crippen LogP contribution in [0.3, 0.4) is 0 Å². The van der Waals surface area contributed by atoms with Crippen LogP contribution in [0.15, 0.2) is 18.3 Å². The van der Waals surface area contributed by atoms with Gasteiger partial charge in [-0.1, -0.05) is 0 Å². The lowest BCUT2D eigenvalue weighted by Crippen LogP contribution is -2.43. The van der Waals surface area contributed by atoms with Gasteiger partial charge < -0.3 is 9.64 Å². The Hall–Kier alpha value is -1.79. The molecule has 0 radical (unpaired) electrons. The molecule has 20 heavy (non-hydrogen) atoms. The molecule has 0 spiro atoms. The number of aromatic nitrogens is 1. The van der Waals surface area contributed by atoms with Crippen LogP contribution in [0.4, 0.5) is 13.2 Å². The van der Waals surface area contributed by atoms with Crippen molar-refractivity contribution in [3.63, 3.8) is 0 Å². The molecule has 1 aliphatic heterocycles. The van der Waals surface area contributed by atoms with E-state index in [9.17, 15) is 18.0 Å². The van der Waals surface area contributed by atoms with Gasteiger partial charge in [0.1, 0.15) is 6.10 Å². The number of carbonyl (C=O) groups is 1. The van der Waals surface area contributed by atoms with Gasteiger partial charge >= 0.3 is 6.18 Å². The van der Waals surface area contributed by atoms with Crippen molar-refractivity contribution in [2.24, 2.45) is 5.92 Å². The van der Waals surface area contributed by atoms with Gasteiger partial charge in [-0.15, -0.1) is 0 Å². The highest BCUT2D eigenvalue weighted by molar-refractivity contribution is 5.49. The van der Waals surface area contributed by atoms with Gasteiger partial charge in [0, 0.05) is 18.8 Å². The molecular formula is C13H13F3N2O2. The zero-order valence-electron chi connectivity index (χ0n) is 10.5. The molecule has 0 N–H and O–H groups in total. The summed E-state index contributed by atoms with van der Waals surface area (Å²) in [5.74, 6) is 0.337. The Kier molecular flexibility index (Phi) is 3.07. The van der Waals surface area contributed by atoms with Crippen molar-refractivity contribution < 1.29 is 22.7 Å². The molecule has 2 aliphatic rings. The molecule has 108 valence electrons. The first-order valence-electron chi connectivity index (χ1n) is 6.38. The quantitative estimate of drug-likeness (QED) is 0.799. The molecule has 3 rings (SSSR count). The number of fused-ring (bicyclic) bond motifs is 2. The number of likely N-dealkylation sites (tertiary alicyclic amines) is 1. The van der Waals surface area contributed by atoms with Crippen molar-refractivity contribution in [3.05, 3.63) is 23.9 Å². The zero-order valence-corrected chi connectivity index (χ0v) is 10.5. The molecular weight excluding hydrogens is 273 g/mol. The minimum Gasteiger partial charge on any atom is -0.472 e. The number of nitrogens with zero attached hydrogens (tertiary/aromatic N) is 2. The Morgan fingerprint density at radius 1 is 1.40 bits per heavy atom. The average Bonchev–Trinajstić information content (AvgIpc) is 2.97. The normalized spacial score (nSPS) is 28.8. The van der Waals surface area contributed by atoms with E-state index in [-0.39, 0.29) is 18.0 Å². The van der Waals surface area contributed by atoms with E-state index in [1.165, 1.54) is 0 Å². The molecule has 2 heterocycles. The van der Waals surface area contributed by atoms with Gasteiger partial charge in [0.25, 0.3) is 0 Å². The number of pyridine rings is 1. The summed E-state index contributed by atoms with van der Waals surface area (Å²) in [5.41, 5.74) is -0.780. The van der Waals surface area contributed by atoms with Crippen molar-refractivity contribution in [1.29, 1.82) is 0 Å². The number of hydrogen-bond donors (Lipinski definition) is 0. The molecule has 0 unspecified atom stereocenters. The lowest BCUT2D eigenvalue weighted by atomic mass is 10.1. The van der Waals surface area contributed by atoms with E-state index in [0.717, 1.165) is 37.6 Å². The summed E-state index contributed by atoms with van der Waals surface area (Å²) in [7, 11) is 0. The van der Waals surface area contributed by atoms with Crippen LogP contribution < -0.4 is 4.74 Å². The highest BCUT2D eigenvalue weighted by Gasteiger charge is 2.46. The van der Waals surface area contributed by atoms with E-state index in [1.807, 2.05) is 0 Å². The molecule has 1 aromatic heterocycles. The van der Waals surface area contributed by atoms with Crippen molar-refractivity contribution in [3.8, 4) is 5.88 Å². The van der Waals surface area contributed by atoms with Crippen molar-refractivity contribution in [2.75, 3.05) is 6.54 Å². The van der Waals surface area contributed by atoms with Gasteiger partial charge in [-0.3, -0.25) is 4.79 Å². The second-order valence-corrected chi connectivity index (χ2v) is 5.24. The van der Waals surface area contributed by atoms with Gasteiger partial charge in [-0.05, 0) is 24.8 Å². The summed E-state index contributed by atoms with van der Waals surface area (Å²) in [5, 5.41) is 0. The summed E-state index contributed by atoms with van der Waals surface area (Å²) in [6, 6.07) is 1.76. The highest BCUT2D eigenvalue weighted by atomic mass is 19.4. The summed E-state index contributed by atoms with van der Waals surface area (Å²) in [4.78, 5) is 16.4. The van der Waals surface area contributed by atoms with Crippen LogP contribution in [0.1, 0.15) is 18.4 Å². The second-order valence-electron chi connectivity index (χ2n) is 5.24. The van der Waals surface area contributed by atoms with Crippen LogP contribution in [0.25, 0.3) is 0 Å². The minimum absolute atomic E-state index is 0.0387. The molecule has 4 nitrogen and oxygen atoms in total. The lowest BCUT2D eigenvalue weighted by Gasteiger charge is -2.30. The van der Waals surface area contributed by atoms with E-state index >= 15 is 0 Å². The van der Waals surface area contributed by atoms with Crippen LogP contribution >= 0.6 is 0 Å². The maximum absolute atomic E-state index is 12.6. The van der Waals surface area contributed by atoms with E-state index in [2.05, 4.69) is 4.98 Å². The third-order valence-electron chi connectivity index (χ3n) is 3.93. The predicted molar refractivity (Wildman–Crippen MR) is 62.9 cm³/mol. The van der Waals surface area contributed by atoms with Gasteiger partial charge in [-0.2, -0.15) is 13.2 Å². The Bertz CT molecular complexity index is 521. The fraction of sp³-hybridized carbons (Fsp3) is 0.538. The number of rotatable bonds is 3. The minimum atomic E-state index is -4.41. The monoisotopic (exact) mass is 286 g/mol. The third kappa shape index (κ3) is 2.32. The smallest absolute Gasteiger partial charge is 0.416 e. The Morgan fingerprint density at radius 2 is 2.20 bits per heavy atom. The average molecular weight is 286 g/mol. The molecule has 3 atom stereocenters. The maximum Gasteiger partial charge on any atom is 0.416 e. The molecule has 2 bridgehead atoms. The largest absolute Gasteiger partial charge is 0.472 e. The molecule has 1 saturated heterocycles. The molecule has 2 fully saturated rings. The Morgan fingerprint density at radius 3 is 2.85 bits per heavy atom. The van der Waals surface area contributed by atoms with Crippen molar-refractivity contribution >= 4 is 6.41 Å². The predicted octanol–water partition coefficient (Wildman–Crippen LogP) is 2.10. The SMILES string of the molecule is O=CN1C[C@H]2C[C@@H](Oc3cc(C(F)(F)F)ccn3)[C@@H]1C2. The molecule has 7 heteroatoms. The molecule has 0 aromatic carbocycles. The van der Waals surface area contributed by atoms with Crippen LogP contribution in [-0.2, 0) is 11.0 Å². The van der Waals surface area contributed by atoms with Gasteiger partial charge in [0.05, 0.1) is 11.6 Å². The highest BCUT2D eigenvalue weighted by Crippen LogP contribution is 2.39. The number of ether oxygens (including phenoxy) is 1. The van der Waals surface area contributed by atoms with E-state index < -0.39 is 11.7 Å². The lowest BCUT2D eigenvalue weighted by molar-refractivity contribution is -0.137. The van der Waals surface area contributed by atoms with Gasteiger partial charge in [-0.25, -0.2) is 4.98 Å². The number of alkyl halides is 3. The molecule has 1 saturated carbocycles. The summed E-state index contributed by atoms with van der Waals surface area (Å²) >= 11 is 0. The summed E-state index contributed by atoms with van der Waals surface area (Å²) in [6.45, 7) is 0.712. The van der Waals surface area contributed by atoms with Gasteiger partial charge in [0.2, 0.25) is 12.3 Å². The standard InChI is InChI=1S/C13H13F3N2O2/c14-13(15,16)9-1-2-17-12(5-9)20-11-4-8-3-10(11)18(6-8)7-19/h1-2,5,7-8,10-11H,3-4,6H2/t8-,10+,11-/m1/s1. The van der Waals surface area contributed by atoms with E-state index in [4.69, 9.17) is 4.74 Å². The number of piperidine rings is 1. The number of halogens is 3. The molecule has 1 amide bonds. The van der Waals surface area contributed by atoms with E-state index in [0.29, 0.717) is 12.5 Å². The van der Waals surface area contributed by atoms with Gasteiger partial charge in [0.15, 0.2) is 0 Å². The third-order valence-corrected chi connectivity index (χ3v) is 3.93. The maximum atomic E-state index is 12.6. The van der Waals surface area contributed by atoms with Crippen molar-refractivity contribution in [1.82, 2.24) is 9.88 Å². The second kappa shape index (κ2) is 4.64. The van der Waals surface area contributed by atoms with Crippen LogP contribution in [0, 0.1) is 5.92 Å². The molecule has 1 aromatic rings. The first kappa shape index (κ1) is 13.2. The Labute approximate surface area is 113 Å². The van der Waals surface area contributed by atoms with Crippen LogP contribution in [-0.4, -0.2) is 35.0 Å². The Balaban J connectivity index is 1.74. The number of amides is 1. The first-order chi connectivity index (χ1) is 9.47. The van der Waals surface area contributed by atoms with Crippen molar-refractivity contribution in [2.45, 2.75) is 31.2 Å². The zero-order chi connectivity index (χ0) is 14.3. The number of carbonyl (C=O) groups excluding carboxylic acids is 1. The van der Waals surface area contributed by atoms with E-state index in [1.54, 1.807) is 4.90 Å². The number of hydrogen-bond acceptors (Lipinski definition) is 3. The fourth-order valence-electron chi connectivity index (χ4n) is 3.06. The van der Waals surface area contributed by atoms with Crippen LogP contribution in [0.2, 0.25) is 0 Å². The topological polar surface area (TPSA) is 42.4 Å². The summed E-state index contributed by atoms with van der Waals surface area (Å²) < 4.78 is 43.4. The first-order valence-corrected chi connectivity index (χ1v) is 6.38. The van der Waals surface area contributed by atoms with Crippen LogP contribution in [0.5, 0.6) is 5.88 Å². The fourth-order valence-corrected chi connectivity index (χ4v) is 3.06. The molecule has 1 aliphatic carbocycles.